The second-order valence-electron chi connectivity index (χ2n) is 4.79. The van der Waals surface area contributed by atoms with Crippen molar-refractivity contribution in [2.45, 2.75) is 26.8 Å². The van der Waals surface area contributed by atoms with Gasteiger partial charge in [-0.2, -0.15) is 0 Å². The molecular weight excluding hydrogens is 242 g/mol. The summed E-state index contributed by atoms with van der Waals surface area (Å²) >= 11 is 0. The molecule has 5 nitrogen and oxygen atoms in total. The van der Waals surface area contributed by atoms with Gasteiger partial charge in [-0.15, -0.1) is 10.2 Å². The Labute approximate surface area is 111 Å². The Hall–Kier alpha value is -2.17. The average molecular weight is 257 g/mol. The van der Waals surface area contributed by atoms with Gasteiger partial charge in [0.05, 0.1) is 6.54 Å². The average Bonchev–Trinajstić information content (AvgIpc) is 2.96. The zero-order valence-corrected chi connectivity index (χ0v) is 11.0. The number of anilines is 1. The molecule has 0 bridgehead atoms. The molecule has 2 heterocycles. The lowest BCUT2D eigenvalue weighted by Crippen LogP contribution is -2.19. The molecule has 3 rings (SSSR count). The van der Waals surface area contributed by atoms with Crippen LogP contribution in [0.2, 0.25) is 0 Å². The molecule has 0 atom stereocenters. The van der Waals surface area contributed by atoms with Gasteiger partial charge in [0.1, 0.15) is 0 Å². The van der Waals surface area contributed by atoms with Crippen LogP contribution in [-0.2, 0) is 13.0 Å². The number of carbonyl (C=O) groups excluding carboxylic acids is 1. The lowest BCUT2D eigenvalue weighted by molar-refractivity contribution is 0.101. The predicted octanol–water partition coefficient (Wildman–Crippen LogP) is 2.14. The molecule has 1 aromatic heterocycles. The highest BCUT2D eigenvalue weighted by Crippen LogP contribution is 2.30. The SMILES string of the molecule is CC(=O)c1ccc2c(c1)CCN2Cc1nnc(C)o1. The van der Waals surface area contributed by atoms with E-state index in [0.717, 1.165) is 24.2 Å². The van der Waals surface area contributed by atoms with Gasteiger partial charge in [-0.05, 0) is 37.1 Å². The standard InChI is InChI=1S/C14H15N3O2/c1-9(18)11-3-4-13-12(7-11)5-6-17(13)8-14-16-15-10(2)19-14/h3-4,7H,5-6,8H2,1-2H3. The van der Waals surface area contributed by atoms with Crippen molar-refractivity contribution >= 4 is 11.5 Å². The van der Waals surface area contributed by atoms with E-state index in [1.54, 1.807) is 13.8 Å². The Morgan fingerprint density at radius 1 is 1.42 bits per heavy atom. The maximum absolute atomic E-state index is 11.4. The van der Waals surface area contributed by atoms with Gasteiger partial charge in [0.25, 0.3) is 0 Å². The highest BCUT2D eigenvalue weighted by Gasteiger charge is 2.21. The smallest absolute Gasteiger partial charge is 0.235 e. The van der Waals surface area contributed by atoms with Crippen LogP contribution in [0.25, 0.3) is 0 Å². The minimum atomic E-state index is 0.105. The van der Waals surface area contributed by atoms with E-state index < -0.39 is 0 Å². The first-order valence-electron chi connectivity index (χ1n) is 6.31. The summed E-state index contributed by atoms with van der Waals surface area (Å²) in [5, 5.41) is 7.85. The summed E-state index contributed by atoms with van der Waals surface area (Å²) in [6, 6.07) is 5.86. The first kappa shape index (κ1) is 11.9. The Balaban J connectivity index is 1.84. The number of aromatic nitrogens is 2. The normalized spacial score (nSPS) is 13.7. The van der Waals surface area contributed by atoms with Crippen molar-refractivity contribution in [3.63, 3.8) is 0 Å². The lowest BCUT2D eigenvalue weighted by atomic mass is 10.1. The number of benzene rings is 1. The summed E-state index contributed by atoms with van der Waals surface area (Å²) in [7, 11) is 0. The third-order valence-electron chi connectivity index (χ3n) is 3.37. The highest BCUT2D eigenvalue weighted by molar-refractivity contribution is 5.94. The first-order valence-corrected chi connectivity index (χ1v) is 6.31. The van der Waals surface area contributed by atoms with Gasteiger partial charge in [-0.3, -0.25) is 4.79 Å². The van der Waals surface area contributed by atoms with E-state index in [4.69, 9.17) is 4.42 Å². The maximum atomic E-state index is 11.4. The number of fused-ring (bicyclic) bond motifs is 1. The minimum Gasteiger partial charge on any atom is -0.424 e. The lowest BCUT2D eigenvalue weighted by Gasteiger charge is -2.16. The maximum Gasteiger partial charge on any atom is 0.235 e. The van der Waals surface area contributed by atoms with Crippen molar-refractivity contribution in [3.05, 3.63) is 41.1 Å². The molecule has 19 heavy (non-hydrogen) atoms. The van der Waals surface area contributed by atoms with E-state index in [2.05, 4.69) is 15.1 Å². The molecular formula is C14H15N3O2. The van der Waals surface area contributed by atoms with E-state index in [-0.39, 0.29) is 5.78 Å². The van der Waals surface area contributed by atoms with Crippen LogP contribution in [0.3, 0.4) is 0 Å². The van der Waals surface area contributed by atoms with Crippen molar-refractivity contribution in [2.75, 3.05) is 11.4 Å². The number of hydrogen-bond donors (Lipinski definition) is 0. The molecule has 2 aromatic rings. The van der Waals surface area contributed by atoms with Gasteiger partial charge in [-0.1, -0.05) is 0 Å². The van der Waals surface area contributed by atoms with E-state index in [0.29, 0.717) is 18.3 Å². The van der Waals surface area contributed by atoms with Crippen LogP contribution in [-0.4, -0.2) is 22.5 Å². The molecule has 1 aliphatic heterocycles. The fourth-order valence-electron chi connectivity index (χ4n) is 2.42. The monoisotopic (exact) mass is 257 g/mol. The minimum absolute atomic E-state index is 0.105. The molecule has 0 N–H and O–H groups in total. The van der Waals surface area contributed by atoms with Crippen LogP contribution in [0.4, 0.5) is 5.69 Å². The van der Waals surface area contributed by atoms with E-state index in [1.165, 1.54) is 5.56 Å². The van der Waals surface area contributed by atoms with E-state index >= 15 is 0 Å². The van der Waals surface area contributed by atoms with Gasteiger partial charge in [0, 0.05) is 24.7 Å². The number of hydrogen-bond acceptors (Lipinski definition) is 5. The van der Waals surface area contributed by atoms with E-state index in [1.807, 2.05) is 18.2 Å². The van der Waals surface area contributed by atoms with Crippen LogP contribution in [0.5, 0.6) is 0 Å². The molecule has 0 radical (unpaired) electrons. The second-order valence-corrected chi connectivity index (χ2v) is 4.79. The van der Waals surface area contributed by atoms with E-state index in [9.17, 15) is 4.79 Å². The van der Waals surface area contributed by atoms with Crippen LogP contribution in [0.15, 0.2) is 22.6 Å². The number of aryl methyl sites for hydroxylation is 1. The van der Waals surface area contributed by atoms with Crippen molar-refractivity contribution in [1.82, 2.24) is 10.2 Å². The fraction of sp³-hybridized carbons (Fsp3) is 0.357. The first-order chi connectivity index (χ1) is 9.13. The van der Waals surface area contributed by atoms with Gasteiger partial charge in [-0.25, -0.2) is 0 Å². The molecule has 5 heteroatoms. The molecule has 0 unspecified atom stereocenters. The molecule has 1 aromatic carbocycles. The van der Waals surface area contributed by atoms with Gasteiger partial charge in [0.2, 0.25) is 11.8 Å². The van der Waals surface area contributed by atoms with Crippen LogP contribution in [0, 0.1) is 6.92 Å². The molecule has 0 aliphatic carbocycles. The largest absolute Gasteiger partial charge is 0.424 e. The summed E-state index contributed by atoms with van der Waals surface area (Å²) < 4.78 is 5.40. The highest BCUT2D eigenvalue weighted by atomic mass is 16.4. The topological polar surface area (TPSA) is 59.2 Å². The number of carbonyl (C=O) groups is 1. The summed E-state index contributed by atoms with van der Waals surface area (Å²) in [5.41, 5.74) is 3.14. The van der Waals surface area contributed by atoms with Gasteiger partial charge >= 0.3 is 0 Å². The number of Topliss-reactive ketones (excluding diaryl/α,β-unsaturated/α-hetero) is 1. The zero-order chi connectivity index (χ0) is 13.4. The summed E-state index contributed by atoms with van der Waals surface area (Å²) in [5.74, 6) is 1.32. The van der Waals surface area contributed by atoms with Crippen LogP contribution < -0.4 is 4.90 Å². The molecule has 0 spiro atoms. The Bertz CT molecular complexity index is 633. The number of ketones is 1. The molecule has 0 amide bonds. The van der Waals surface area contributed by atoms with Crippen LogP contribution in [0.1, 0.15) is 34.6 Å². The predicted molar refractivity (Wildman–Crippen MR) is 70.2 cm³/mol. The molecule has 0 saturated heterocycles. The summed E-state index contributed by atoms with van der Waals surface area (Å²) in [4.78, 5) is 13.6. The Kier molecular flexibility index (Phi) is 2.81. The Morgan fingerprint density at radius 2 is 2.26 bits per heavy atom. The molecule has 98 valence electrons. The third-order valence-corrected chi connectivity index (χ3v) is 3.37. The fourth-order valence-corrected chi connectivity index (χ4v) is 2.42. The molecule has 0 saturated carbocycles. The number of nitrogens with zero attached hydrogens (tertiary/aromatic N) is 3. The van der Waals surface area contributed by atoms with Crippen molar-refractivity contribution in [3.8, 4) is 0 Å². The molecule has 1 aliphatic rings. The number of rotatable bonds is 3. The van der Waals surface area contributed by atoms with Gasteiger partial charge < -0.3 is 9.32 Å². The second kappa shape index (κ2) is 4.50. The Morgan fingerprint density at radius 3 is 2.95 bits per heavy atom. The van der Waals surface area contributed by atoms with Gasteiger partial charge in [0.15, 0.2) is 5.78 Å². The summed E-state index contributed by atoms with van der Waals surface area (Å²) in [6.45, 7) is 4.91. The van der Waals surface area contributed by atoms with Crippen molar-refractivity contribution < 1.29 is 9.21 Å². The van der Waals surface area contributed by atoms with Crippen molar-refractivity contribution in [1.29, 1.82) is 0 Å². The van der Waals surface area contributed by atoms with Crippen LogP contribution >= 0.6 is 0 Å². The third kappa shape index (κ3) is 2.23. The summed E-state index contributed by atoms with van der Waals surface area (Å²) in [6.07, 6.45) is 0.948. The molecule has 0 fully saturated rings. The quantitative estimate of drug-likeness (QED) is 0.788. The zero-order valence-electron chi connectivity index (χ0n) is 11.0. The van der Waals surface area contributed by atoms with Crippen molar-refractivity contribution in [2.24, 2.45) is 0 Å².